The summed E-state index contributed by atoms with van der Waals surface area (Å²) < 4.78 is 26.5. The number of fused-ring (bicyclic) bond motifs is 2. The van der Waals surface area contributed by atoms with Crippen LogP contribution in [0, 0.1) is 5.92 Å². The van der Waals surface area contributed by atoms with E-state index in [1.807, 2.05) is 16.8 Å². The zero-order valence-corrected chi connectivity index (χ0v) is 17.6. The second-order valence-electron chi connectivity index (χ2n) is 8.09. The minimum atomic E-state index is -3.80. The molecule has 2 heterocycles. The van der Waals surface area contributed by atoms with Crippen LogP contribution in [0.25, 0.3) is 16.7 Å². The number of hydrogen-bond donors (Lipinski definition) is 4. The Morgan fingerprint density at radius 1 is 1.23 bits per heavy atom. The Balaban J connectivity index is 1.39. The SMILES string of the molecule is NS(=O)(=O)NC[C@@H]1CC(n2ccc3c(N[C@H]4CCc5ccccc54)ncnc32)=C[C@@H]1O. The van der Waals surface area contributed by atoms with Gasteiger partial charge in [0.05, 0.1) is 17.5 Å². The fraction of sp³-hybridized carbons (Fsp3) is 0.333. The van der Waals surface area contributed by atoms with E-state index in [0.717, 1.165) is 35.4 Å². The van der Waals surface area contributed by atoms with Crippen molar-refractivity contribution in [1.82, 2.24) is 19.3 Å². The number of nitrogens with one attached hydrogen (secondary N) is 2. The van der Waals surface area contributed by atoms with Gasteiger partial charge in [-0.2, -0.15) is 8.42 Å². The van der Waals surface area contributed by atoms with E-state index < -0.39 is 16.3 Å². The fourth-order valence-corrected chi connectivity index (χ4v) is 5.00. The zero-order chi connectivity index (χ0) is 21.6. The topological polar surface area (TPSA) is 135 Å². The lowest BCUT2D eigenvalue weighted by Crippen LogP contribution is -2.36. The molecule has 9 nitrogen and oxygen atoms in total. The lowest BCUT2D eigenvalue weighted by atomic mass is 10.1. The fourth-order valence-electron chi connectivity index (χ4n) is 4.56. The largest absolute Gasteiger partial charge is 0.389 e. The molecule has 10 heteroatoms. The molecule has 5 N–H and O–H groups in total. The summed E-state index contributed by atoms with van der Waals surface area (Å²) in [4.78, 5) is 8.93. The molecule has 5 rings (SSSR count). The average molecular weight is 441 g/mol. The summed E-state index contributed by atoms with van der Waals surface area (Å²) in [5.74, 6) is 0.484. The van der Waals surface area contributed by atoms with Gasteiger partial charge in [-0.3, -0.25) is 0 Å². The van der Waals surface area contributed by atoms with Crippen molar-refractivity contribution in [2.24, 2.45) is 11.1 Å². The van der Waals surface area contributed by atoms with Crippen LogP contribution in [-0.4, -0.2) is 40.7 Å². The van der Waals surface area contributed by atoms with E-state index in [0.29, 0.717) is 6.42 Å². The van der Waals surface area contributed by atoms with Crippen LogP contribution in [0.4, 0.5) is 5.82 Å². The second kappa shape index (κ2) is 7.72. The van der Waals surface area contributed by atoms with Crippen molar-refractivity contribution in [1.29, 1.82) is 0 Å². The van der Waals surface area contributed by atoms with Crippen molar-refractivity contribution in [3.05, 3.63) is 60.1 Å². The summed E-state index contributed by atoms with van der Waals surface area (Å²) in [6.45, 7) is 0.0715. The van der Waals surface area contributed by atoms with Gasteiger partial charge >= 0.3 is 0 Å². The molecule has 31 heavy (non-hydrogen) atoms. The molecule has 2 aliphatic carbocycles. The molecule has 2 aromatic heterocycles. The lowest BCUT2D eigenvalue weighted by Gasteiger charge is -2.16. The van der Waals surface area contributed by atoms with Gasteiger partial charge in [0.15, 0.2) is 0 Å². The predicted octanol–water partition coefficient (Wildman–Crippen LogP) is 1.55. The van der Waals surface area contributed by atoms with Gasteiger partial charge in [0, 0.05) is 24.4 Å². The molecule has 0 fully saturated rings. The molecule has 0 aliphatic heterocycles. The van der Waals surface area contributed by atoms with Crippen molar-refractivity contribution >= 4 is 32.8 Å². The van der Waals surface area contributed by atoms with Crippen molar-refractivity contribution in [2.75, 3.05) is 11.9 Å². The van der Waals surface area contributed by atoms with Gasteiger partial charge in [-0.1, -0.05) is 24.3 Å². The van der Waals surface area contributed by atoms with Gasteiger partial charge in [0.25, 0.3) is 10.2 Å². The standard InChI is InChI=1S/C21H24N6O3S/c22-31(29,30)25-11-14-9-15(10-19(14)28)27-8-7-17-20(23-12-24-21(17)27)26-18-6-5-13-3-1-2-4-16(13)18/h1-4,7-8,10,12,14,18-19,25,28H,5-6,9,11H2,(H2,22,29,30)(H,23,24,26)/t14-,18-,19-/m0/s1. The van der Waals surface area contributed by atoms with Crippen molar-refractivity contribution in [2.45, 2.75) is 31.4 Å². The third kappa shape index (κ3) is 3.94. The molecule has 162 valence electrons. The summed E-state index contributed by atoms with van der Waals surface area (Å²) >= 11 is 0. The van der Waals surface area contributed by atoms with Crippen LogP contribution in [0.3, 0.4) is 0 Å². The van der Waals surface area contributed by atoms with Gasteiger partial charge in [0.2, 0.25) is 0 Å². The van der Waals surface area contributed by atoms with Crippen LogP contribution in [-0.2, 0) is 16.6 Å². The van der Waals surface area contributed by atoms with Crippen LogP contribution in [0.5, 0.6) is 0 Å². The molecule has 0 bridgehead atoms. The van der Waals surface area contributed by atoms with E-state index in [2.05, 4.69) is 44.3 Å². The van der Waals surface area contributed by atoms with Gasteiger partial charge in [0.1, 0.15) is 17.8 Å². The molecule has 1 aromatic carbocycles. The first-order valence-electron chi connectivity index (χ1n) is 10.2. The molecule has 3 aromatic rings. The molecule has 0 radical (unpaired) electrons. The molecule has 0 amide bonds. The number of aliphatic hydroxyl groups is 1. The van der Waals surface area contributed by atoms with E-state index in [4.69, 9.17) is 5.14 Å². The van der Waals surface area contributed by atoms with Crippen LogP contribution in [0.1, 0.15) is 30.0 Å². The summed E-state index contributed by atoms with van der Waals surface area (Å²) in [5.41, 5.74) is 4.27. The van der Waals surface area contributed by atoms with Gasteiger partial charge < -0.3 is 15.0 Å². The highest BCUT2D eigenvalue weighted by atomic mass is 32.2. The van der Waals surface area contributed by atoms with Crippen molar-refractivity contribution in [3.63, 3.8) is 0 Å². The number of anilines is 1. The molecule has 0 spiro atoms. The quantitative estimate of drug-likeness (QED) is 0.459. The molecule has 0 saturated carbocycles. The van der Waals surface area contributed by atoms with Crippen LogP contribution >= 0.6 is 0 Å². The Bertz CT molecular complexity index is 1270. The molecular formula is C21H24N6O3S. The highest BCUT2D eigenvalue weighted by Crippen LogP contribution is 2.36. The maximum absolute atomic E-state index is 11.2. The van der Waals surface area contributed by atoms with E-state index in [9.17, 15) is 13.5 Å². The number of nitrogens with two attached hydrogens (primary N) is 1. The minimum absolute atomic E-state index is 0.0715. The Kier molecular flexibility index (Phi) is 5.01. The van der Waals surface area contributed by atoms with E-state index in [-0.39, 0.29) is 18.5 Å². The van der Waals surface area contributed by atoms with Gasteiger partial charge in [-0.05, 0) is 42.5 Å². The first kappa shape index (κ1) is 20.1. The minimum Gasteiger partial charge on any atom is -0.389 e. The van der Waals surface area contributed by atoms with Gasteiger partial charge in [-0.25, -0.2) is 19.8 Å². The number of rotatable bonds is 6. The van der Waals surface area contributed by atoms with Crippen LogP contribution < -0.4 is 15.2 Å². The first-order valence-corrected chi connectivity index (χ1v) is 11.8. The summed E-state index contributed by atoms with van der Waals surface area (Å²) in [7, 11) is -3.80. The number of hydrogen-bond acceptors (Lipinski definition) is 6. The van der Waals surface area contributed by atoms with Crippen molar-refractivity contribution < 1.29 is 13.5 Å². The Morgan fingerprint density at radius 3 is 2.90 bits per heavy atom. The maximum Gasteiger partial charge on any atom is 0.274 e. The Hall–Kier alpha value is -2.79. The third-order valence-corrected chi connectivity index (χ3v) is 6.67. The number of nitrogens with zero attached hydrogens (tertiary/aromatic N) is 3. The highest BCUT2D eigenvalue weighted by Gasteiger charge is 2.29. The highest BCUT2D eigenvalue weighted by molar-refractivity contribution is 7.87. The maximum atomic E-state index is 11.2. The van der Waals surface area contributed by atoms with Crippen LogP contribution in [0.15, 0.2) is 48.9 Å². The zero-order valence-electron chi connectivity index (χ0n) is 16.8. The van der Waals surface area contributed by atoms with E-state index >= 15 is 0 Å². The van der Waals surface area contributed by atoms with E-state index in [1.165, 1.54) is 17.5 Å². The van der Waals surface area contributed by atoms with Crippen molar-refractivity contribution in [3.8, 4) is 0 Å². The van der Waals surface area contributed by atoms with Crippen LogP contribution in [0.2, 0.25) is 0 Å². The smallest absolute Gasteiger partial charge is 0.274 e. The lowest BCUT2D eigenvalue weighted by molar-refractivity contribution is 0.167. The number of benzene rings is 1. The molecule has 3 atom stereocenters. The average Bonchev–Trinajstić information content (AvgIpc) is 3.43. The predicted molar refractivity (Wildman–Crippen MR) is 118 cm³/mol. The third-order valence-electron chi connectivity index (χ3n) is 6.10. The van der Waals surface area contributed by atoms with E-state index in [1.54, 1.807) is 6.08 Å². The molecular weight excluding hydrogens is 416 g/mol. The number of aliphatic hydroxyl groups excluding tert-OH is 1. The summed E-state index contributed by atoms with van der Waals surface area (Å²) in [5, 5.41) is 19.8. The summed E-state index contributed by atoms with van der Waals surface area (Å²) in [6, 6.07) is 10.6. The first-order chi connectivity index (χ1) is 14.9. The Morgan fingerprint density at radius 2 is 2.06 bits per heavy atom. The number of aromatic nitrogens is 3. The molecule has 0 saturated heterocycles. The molecule has 2 aliphatic rings. The number of aryl methyl sites for hydroxylation is 1. The monoisotopic (exact) mass is 440 g/mol. The Labute approximate surface area is 180 Å². The normalized spacial score (nSPS) is 23.2. The molecule has 0 unspecified atom stereocenters. The summed E-state index contributed by atoms with van der Waals surface area (Å²) in [6.07, 6.45) is 6.96. The second-order valence-corrected chi connectivity index (χ2v) is 9.46. The van der Waals surface area contributed by atoms with Gasteiger partial charge in [-0.15, -0.1) is 0 Å². The number of allylic oxidation sites excluding steroid dienone is 1.